The number of fused-ring (bicyclic) bond motifs is 1. The second-order valence-corrected chi connectivity index (χ2v) is 8.35. The van der Waals surface area contributed by atoms with E-state index >= 15 is 0 Å². The molecule has 0 aromatic heterocycles. The van der Waals surface area contributed by atoms with E-state index in [1.54, 1.807) is 25.2 Å². The molecule has 1 aliphatic rings. The number of carbonyl (C=O) groups excluding carboxylic acids is 2. The molecule has 0 saturated heterocycles. The highest BCUT2D eigenvalue weighted by molar-refractivity contribution is 5.99. The first-order valence-electron chi connectivity index (χ1n) is 10.9. The number of benzene rings is 3. The van der Waals surface area contributed by atoms with Gasteiger partial charge in [-0.3, -0.25) is 9.59 Å². The molecule has 170 valence electrons. The van der Waals surface area contributed by atoms with Crippen molar-refractivity contribution in [2.24, 2.45) is 0 Å². The largest absolute Gasteiger partial charge is 0.493 e. The van der Waals surface area contributed by atoms with Crippen LogP contribution >= 0.6 is 0 Å². The van der Waals surface area contributed by atoms with Gasteiger partial charge in [0.15, 0.2) is 11.5 Å². The Kier molecular flexibility index (Phi) is 6.36. The molecule has 0 radical (unpaired) electrons. The maximum absolute atomic E-state index is 13.3. The second kappa shape index (κ2) is 9.36. The smallest absolute Gasteiger partial charge is 0.255 e. The molecular formula is C27H28N2O4. The van der Waals surface area contributed by atoms with Crippen molar-refractivity contribution in [1.29, 1.82) is 0 Å². The molecule has 6 nitrogen and oxygen atoms in total. The van der Waals surface area contributed by atoms with Crippen molar-refractivity contribution in [2.75, 3.05) is 19.5 Å². The third kappa shape index (κ3) is 4.70. The Hall–Kier alpha value is -3.80. The molecule has 0 spiro atoms. The number of amides is 2. The zero-order chi connectivity index (χ0) is 23.5. The van der Waals surface area contributed by atoms with Crippen molar-refractivity contribution < 1.29 is 19.1 Å². The summed E-state index contributed by atoms with van der Waals surface area (Å²) in [6, 6.07) is 18.6. The number of nitrogens with zero attached hydrogens (tertiary/aromatic N) is 1. The topological polar surface area (TPSA) is 67.9 Å². The number of aryl methyl sites for hydroxylation is 2. The summed E-state index contributed by atoms with van der Waals surface area (Å²) in [6.45, 7) is 4.44. The van der Waals surface area contributed by atoms with Crippen LogP contribution < -0.4 is 14.8 Å². The van der Waals surface area contributed by atoms with Gasteiger partial charge in [0, 0.05) is 17.8 Å². The van der Waals surface area contributed by atoms with Crippen LogP contribution in [0, 0.1) is 13.8 Å². The van der Waals surface area contributed by atoms with Gasteiger partial charge in [-0.15, -0.1) is 0 Å². The number of methoxy groups -OCH3 is 2. The Bertz CT molecular complexity index is 1180. The van der Waals surface area contributed by atoms with Gasteiger partial charge in [-0.05, 0) is 66.4 Å². The highest BCUT2D eigenvalue weighted by Gasteiger charge is 2.34. The molecule has 1 heterocycles. The van der Waals surface area contributed by atoms with Crippen LogP contribution in [0.4, 0.5) is 5.69 Å². The number of rotatable bonds is 7. The molecule has 33 heavy (non-hydrogen) atoms. The summed E-state index contributed by atoms with van der Waals surface area (Å²) >= 11 is 0. The summed E-state index contributed by atoms with van der Waals surface area (Å²) in [5.41, 5.74) is 5.35. The second-order valence-electron chi connectivity index (χ2n) is 8.35. The molecular weight excluding hydrogens is 416 g/mol. The summed E-state index contributed by atoms with van der Waals surface area (Å²) < 4.78 is 10.8. The normalized spacial score (nSPS) is 13.5. The Morgan fingerprint density at radius 1 is 0.970 bits per heavy atom. The molecule has 0 unspecified atom stereocenters. The number of anilines is 1. The highest BCUT2D eigenvalue weighted by Crippen LogP contribution is 2.37. The minimum absolute atomic E-state index is 0.0791. The number of carbonyl (C=O) groups is 2. The predicted molar refractivity (Wildman–Crippen MR) is 128 cm³/mol. The number of hydrogen-bond acceptors (Lipinski definition) is 4. The van der Waals surface area contributed by atoms with Crippen molar-refractivity contribution in [3.05, 3.63) is 88.5 Å². The summed E-state index contributed by atoms with van der Waals surface area (Å²) in [5, 5.41) is 3.00. The average molecular weight is 445 g/mol. The fraction of sp³-hybridized carbons (Fsp3) is 0.259. The minimum atomic E-state index is -0.462. The third-order valence-electron chi connectivity index (χ3n) is 5.90. The Labute approximate surface area is 194 Å². The summed E-state index contributed by atoms with van der Waals surface area (Å²) in [7, 11) is 3.15. The zero-order valence-corrected chi connectivity index (χ0v) is 19.3. The van der Waals surface area contributed by atoms with Gasteiger partial charge >= 0.3 is 0 Å². The monoisotopic (exact) mass is 444 g/mol. The molecule has 3 aromatic carbocycles. The van der Waals surface area contributed by atoms with Crippen molar-refractivity contribution in [3.63, 3.8) is 0 Å². The van der Waals surface area contributed by atoms with Gasteiger partial charge in [0.1, 0.15) is 0 Å². The van der Waals surface area contributed by atoms with Crippen molar-refractivity contribution in [3.8, 4) is 11.5 Å². The first kappa shape index (κ1) is 22.4. The van der Waals surface area contributed by atoms with E-state index in [2.05, 4.69) is 11.4 Å². The summed E-state index contributed by atoms with van der Waals surface area (Å²) in [5.74, 6) is 0.905. The Morgan fingerprint density at radius 3 is 2.33 bits per heavy atom. The van der Waals surface area contributed by atoms with Gasteiger partial charge in [-0.1, -0.05) is 30.3 Å². The lowest BCUT2D eigenvalue weighted by atomic mass is 10.0. The van der Waals surface area contributed by atoms with Gasteiger partial charge in [0.25, 0.3) is 5.91 Å². The molecule has 0 bridgehead atoms. The van der Waals surface area contributed by atoms with E-state index in [-0.39, 0.29) is 18.2 Å². The van der Waals surface area contributed by atoms with Gasteiger partial charge in [-0.2, -0.15) is 0 Å². The Balaban J connectivity index is 1.66. The molecule has 1 atom stereocenters. The molecule has 0 saturated carbocycles. The predicted octanol–water partition coefficient (Wildman–Crippen LogP) is 5.05. The van der Waals surface area contributed by atoms with Crippen LogP contribution in [0.5, 0.6) is 11.5 Å². The lowest BCUT2D eigenvalue weighted by Gasteiger charge is -2.28. The fourth-order valence-electron chi connectivity index (χ4n) is 4.43. The van der Waals surface area contributed by atoms with Crippen LogP contribution in [0.3, 0.4) is 0 Å². The SMILES string of the molecule is COc1ccc([C@H](CC(=O)Nc2cc(C)cc(C)c2)N2Cc3ccccc3C2=O)cc1OC. The highest BCUT2D eigenvalue weighted by atomic mass is 16.5. The molecule has 4 rings (SSSR count). The first-order valence-corrected chi connectivity index (χ1v) is 10.9. The van der Waals surface area contributed by atoms with Gasteiger partial charge in [0.05, 0.1) is 26.7 Å². The van der Waals surface area contributed by atoms with E-state index < -0.39 is 6.04 Å². The molecule has 0 fully saturated rings. The van der Waals surface area contributed by atoms with Crippen LogP contribution in [-0.2, 0) is 11.3 Å². The van der Waals surface area contributed by atoms with Crippen molar-refractivity contribution in [1.82, 2.24) is 4.90 Å². The van der Waals surface area contributed by atoms with Gasteiger partial charge < -0.3 is 19.7 Å². The lowest BCUT2D eigenvalue weighted by molar-refractivity contribution is -0.117. The maximum atomic E-state index is 13.3. The number of nitrogens with one attached hydrogen (secondary N) is 1. The molecule has 3 aromatic rings. The summed E-state index contributed by atoms with van der Waals surface area (Å²) in [6.07, 6.45) is 0.113. The lowest BCUT2D eigenvalue weighted by Crippen LogP contribution is -2.32. The van der Waals surface area contributed by atoms with Crippen LogP contribution in [0.25, 0.3) is 0 Å². The van der Waals surface area contributed by atoms with Crippen LogP contribution in [0.2, 0.25) is 0 Å². The molecule has 2 amide bonds. The Morgan fingerprint density at radius 2 is 1.67 bits per heavy atom. The van der Waals surface area contributed by atoms with E-state index in [1.807, 2.05) is 62.4 Å². The average Bonchev–Trinajstić information content (AvgIpc) is 3.12. The number of hydrogen-bond donors (Lipinski definition) is 1. The standard InChI is InChI=1S/C27H28N2O4/c1-17-11-18(2)13-21(12-17)28-26(30)15-23(19-9-10-24(32-3)25(14-19)33-4)29-16-20-7-5-6-8-22(20)27(29)31/h5-14,23H,15-16H2,1-4H3,(H,28,30)/t23-/m0/s1. The molecule has 0 aliphatic carbocycles. The van der Waals surface area contributed by atoms with E-state index in [9.17, 15) is 9.59 Å². The zero-order valence-electron chi connectivity index (χ0n) is 19.3. The van der Waals surface area contributed by atoms with Gasteiger partial charge in [-0.25, -0.2) is 0 Å². The van der Waals surface area contributed by atoms with Gasteiger partial charge in [0.2, 0.25) is 5.91 Å². The van der Waals surface area contributed by atoms with E-state index in [4.69, 9.17) is 9.47 Å². The van der Waals surface area contributed by atoms with Crippen LogP contribution in [-0.4, -0.2) is 30.9 Å². The van der Waals surface area contributed by atoms with E-state index in [1.165, 1.54) is 0 Å². The minimum Gasteiger partial charge on any atom is -0.493 e. The molecule has 1 aliphatic heterocycles. The van der Waals surface area contributed by atoms with Crippen LogP contribution in [0.1, 0.15) is 45.1 Å². The maximum Gasteiger partial charge on any atom is 0.255 e. The molecule has 1 N–H and O–H groups in total. The first-order chi connectivity index (χ1) is 15.9. The van der Waals surface area contributed by atoms with E-state index in [0.29, 0.717) is 23.6 Å². The van der Waals surface area contributed by atoms with Crippen LogP contribution in [0.15, 0.2) is 60.7 Å². The van der Waals surface area contributed by atoms with E-state index in [0.717, 1.165) is 27.9 Å². The third-order valence-corrected chi connectivity index (χ3v) is 5.90. The summed E-state index contributed by atoms with van der Waals surface area (Å²) in [4.78, 5) is 28.1. The number of ether oxygens (including phenoxy) is 2. The van der Waals surface area contributed by atoms with Crippen molar-refractivity contribution >= 4 is 17.5 Å². The molecule has 6 heteroatoms. The van der Waals surface area contributed by atoms with Crippen molar-refractivity contribution in [2.45, 2.75) is 32.9 Å². The quantitative estimate of drug-likeness (QED) is 0.554. The fourth-order valence-corrected chi connectivity index (χ4v) is 4.43.